The van der Waals surface area contributed by atoms with Crippen molar-refractivity contribution in [2.75, 3.05) is 0 Å². The number of benzene rings is 1. The Hall–Kier alpha value is 0.946. The molecule has 0 N–H and O–H groups in total. The van der Waals surface area contributed by atoms with Gasteiger partial charge in [0.25, 0.3) is 0 Å². The zero-order valence-corrected chi connectivity index (χ0v) is 9.51. The quantitative estimate of drug-likeness (QED) is 0.630. The van der Waals surface area contributed by atoms with Crippen LogP contribution in [0.3, 0.4) is 0 Å². The lowest BCUT2D eigenvalue weighted by atomic mass is 10.4. The molecular weight excluding hydrogens is 256 g/mol. The molecule has 3 heteroatoms. The van der Waals surface area contributed by atoms with Crippen LogP contribution in [0.15, 0.2) is 36.4 Å². The number of hydrogen-bond donors (Lipinski definition) is 0. The summed E-state index contributed by atoms with van der Waals surface area (Å²) < 4.78 is 0. The molecule has 0 amide bonds. The maximum atomic E-state index is 3.20. The van der Waals surface area contributed by atoms with E-state index in [2.05, 4.69) is 25.8 Å². The van der Waals surface area contributed by atoms with Gasteiger partial charge in [-0.3, -0.25) is 25.8 Å². The van der Waals surface area contributed by atoms with Gasteiger partial charge in [0.05, 0.1) is 0 Å². The van der Waals surface area contributed by atoms with E-state index in [1.54, 1.807) is 0 Å². The molecule has 1 rings (SSSR count). The van der Waals surface area contributed by atoms with Crippen molar-refractivity contribution in [1.82, 2.24) is 0 Å². The van der Waals surface area contributed by atoms with Crippen molar-refractivity contribution in [1.29, 1.82) is 0 Å². The summed E-state index contributed by atoms with van der Waals surface area (Å²) in [7, 11) is 0. The summed E-state index contributed by atoms with van der Waals surface area (Å²) in [5, 5.41) is 0. The predicted molar refractivity (Wildman–Crippen MR) is 50.1 cm³/mol. The Morgan fingerprint density at radius 3 is 0.889 bits per heavy atom. The molecule has 0 atom stereocenters. The van der Waals surface area contributed by atoms with E-state index < -0.39 is 0 Å². The zero-order valence-electron chi connectivity index (χ0n) is 4.93. The SMILES string of the molecule is [Br][Mg][Br].c1ccccc1. The number of rotatable bonds is 0. The van der Waals surface area contributed by atoms with Crippen LogP contribution in [0, 0.1) is 0 Å². The van der Waals surface area contributed by atoms with Crippen molar-refractivity contribution in [2.45, 2.75) is 0 Å². The van der Waals surface area contributed by atoms with Gasteiger partial charge in [-0.25, -0.2) is 0 Å². The lowest BCUT2D eigenvalue weighted by Crippen LogP contribution is -1.47. The van der Waals surface area contributed by atoms with Crippen LogP contribution in [-0.2, 0) is 0 Å². The smallest absolute Gasteiger partial charge is 0.280 e. The molecule has 0 saturated carbocycles. The molecule has 0 aliphatic rings. The van der Waals surface area contributed by atoms with Gasteiger partial charge in [0.1, 0.15) is 0 Å². The highest BCUT2D eigenvalue weighted by Crippen LogP contribution is 1.79. The minimum Gasteiger partial charge on any atom is -0.280 e. The normalized spacial score (nSPS) is 6.44. The van der Waals surface area contributed by atoms with Crippen molar-refractivity contribution in [2.24, 2.45) is 0 Å². The highest BCUT2D eigenvalue weighted by atomic mass is 79.9. The van der Waals surface area contributed by atoms with E-state index in [0.29, 0.717) is 0 Å². The van der Waals surface area contributed by atoms with Gasteiger partial charge in [-0.1, -0.05) is 36.4 Å². The summed E-state index contributed by atoms with van der Waals surface area (Å²) in [6, 6.07) is 12.0. The topological polar surface area (TPSA) is 0 Å². The molecule has 0 radical (unpaired) electrons. The van der Waals surface area contributed by atoms with Crippen molar-refractivity contribution in [3.63, 3.8) is 0 Å². The first-order valence-corrected chi connectivity index (χ1v) is 10.3. The van der Waals surface area contributed by atoms with Gasteiger partial charge in [0, 0.05) is 0 Å². The van der Waals surface area contributed by atoms with E-state index in [1.807, 2.05) is 36.4 Å². The van der Waals surface area contributed by atoms with E-state index in [1.165, 1.54) is 0 Å². The lowest BCUT2D eigenvalue weighted by molar-refractivity contribution is 1.72. The van der Waals surface area contributed by atoms with Gasteiger partial charge in [-0.05, 0) is 0 Å². The minimum atomic E-state index is 0.0417. The predicted octanol–water partition coefficient (Wildman–Crippen LogP) is 3.00. The zero-order chi connectivity index (χ0) is 6.95. The largest absolute Gasteiger partial charge is 0.560 e. The lowest BCUT2D eigenvalue weighted by Gasteiger charge is -1.69. The van der Waals surface area contributed by atoms with Crippen molar-refractivity contribution in [3.05, 3.63) is 36.4 Å². The first-order valence-electron chi connectivity index (χ1n) is 2.53. The maximum Gasteiger partial charge on any atom is 0.560 e. The summed E-state index contributed by atoms with van der Waals surface area (Å²) in [5.41, 5.74) is 0. The van der Waals surface area contributed by atoms with Crippen molar-refractivity contribution in [3.8, 4) is 0 Å². The van der Waals surface area contributed by atoms with Gasteiger partial charge in [0.2, 0.25) is 0 Å². The third-order valence-electron chi connectivity index (χ3n) is 0.667. The Balaban J connectivity index is 0.000000187. The van der Waals surface area contributed by atoms with Crippen LogP contribution in [0.4, 0.5) is 0 Å². The van der Waals surface area contributed by atoms with Crippen LogP contribution >= 0.6 is 25.8 Å². The fourth-order valence-electron chi connectivity index (χ4n) is 0.385. The molecule has 0 aliphatic heterocycles. The molecule has 9 heavy (non-hydrogen) atoms. The van der Waals surface area contributed by atoms with Crippen molar-refractivity contribution < 1.29 is 0 Å². The maximum absolute atomic E-state index is 3.20. The van der Waals surface area contributed by atoms with Gasteiger partial charge in [-0.15, -0.1) is 0 Å². The van der Waals surface area contributed by atoms with E-state index in [-0.39, 0.29) is 16.0 Å². The molecule has 0 unspecified atom stereocenters. The van der Waals surface area contributed by atoms with E-state index >= 15 is 0 Å². The number of hydrogen-bond acceptors (Lipinski definition) is 0. The van der Waals surface area contributed by atoms with E-state index in [9.17, 15) is 0 Å². The summed E-state index contributed by atoms with van der Waals surface area (Å²) in [6.07, 6.45) is 0. The molecule has 0 fully saturated rings. The molecule has 0 aromatic heterocycles. The summed E-state index contributed by atoms with van der Waals surface area (Å²) >= 11 is 6.44. The third kappa shape index (κ3) is 8.95. The fourth-order valence-corrected chi connectivity index (χ4v) is 0.385. The first-order chi connectivity index (χ1) is 4.41. The van der Waals surface area contributed by atoms with Crippen LogP contribution < -0.4 is 0 Å². The first kappa shape index (κ1) is 9.95. The van der Waals surface area contributed by atoms with Gasteiger partial charge in [-0.2, -0.15) is 0 Å². The Morgan fingerprint density at radius 1 is 0.667 bits per heavy atom. The van der Waals surface area contributed by atoms with Crippen LogP contribution in [-0.4, -0.2) is 16.0 Å². The average molecular weight is 262 g/mol. The second-order valence-electron chi connectivity index (χ2n) is 1.26. The Labute approximate surface area is 77.5 Å². The molecule has 0 spiro atoms. The average Bonchev–Trinajstić information content (AvgIpc) is 1.93. The standard InChI is InChI=1S/C6H6.2BrH.Mg/c1-2-4-6-5-3-1;;;/h1-6H;2*1H;/q;;;+2/p-2. The van der Waals surface area contributed by atoms with Gasteiger partial charge in [0.15, 0.2) is 0 Å². The molecule has 0 saturated heterocycles. The number of halogens is 2. The molecular formula is C6H6Br2Mg. The highest BCUT2D eigenvalue weighted by Gasteiger charge is 1.62. The Kier molecular flexibility index (Phi) is 9.89. The molecule has 0 nitrogen and oxygen atoms in total. The van der Waals surface area contributed by atoms with Crippen LogP contribution in [0.1, 0.15) is 0 Å². The van der Waals surface area contributed by atoms with Gasteiger partial charge >= 0.3 is 16.0 Å². The van der Waals surface area contributed by atoms with Gasteiger partial charge < -0.3 is 0 Å². The second-order valence-corrected chi connectivity index (χ2v) is 9.34. The monoisotopic (exact) mass is 260 g/mol. The second kappa shape index (κ2) is 8.95. The fraction of sp³-hybridized carbons (Fsp3) is 0. The van der Waals surface area contributed by atoms with Crippen LogP contribution in [0.5, 0.6) is 0 Å². The summed E-state index contributed by atoms with van der Waals surface area (Å²) in [6.45, 7) is 0. The third-order valence-corrected chi connectivity index (χ3v) is 0.667. The Morgan fingerprint density at radius 2 is 0.778 bits per heavy atom. The molecule has 1 aromatic rings. The van der Waals surface area contributed by atoms with Crippen LogP contribution in [0.2, 0.25) is 0 Å². The molecule has 46 valence electrons. The minimum absolute atomic E-state index is 0.0417. The summed E-state index contributed by atoms with van der Waals surface area (Å²) in [4.78, 5) is 0. The molecule has 0 bridgehead atoms. The molecule has 0 aliphatic carbocycles. The van der Waals surface area contributed by atoms with E-state index in [0.717, 1.165) is 0 Å². The van der Waals surface area contributed by atoms with E-state index in [4.69, 9.17) is 0 Å². The van der Waals surface area contributed by atoms with Crippen molar-refractivity contribution >= 4 is 41.8 Å². The van der Waals surface area contributed by atoms with Crippen LogP contribution in [0.25, 0.3) is 0 Å². The molecule has 1 aromatic carbocycles. The Bertz CT molecular complexity index is 93.9. The molecule has 0 heterocycles. The summed E-state index contributed by atoms with van der Waals surface area (Å²) in [5.74, 6) is 0. The highest BCUT2D eigenvalue weighted by molar-refractivity contribution is 9.47.